The number of ether oxygens (including phenoxy) is 1. The van der Waals surface area contributed by atoms with Crippen molar-refractivity contribution in [2.24, 2.45) is 0 Å². The van der Waals surface area contributed by atoms with Crippen molar-refractivity contribution in [3.05, 3.63) is 101 Å². The molecule has 1 saturated carbocycles. The molecule has 0 aliphatic heterocycles. The van der Waals surface area contributed by atoms with Gasteiger partial charge in [0.15, 0.2) is 0 Å². The third kappa shape index (κ3) is 6.98. The molecule has 6 rings (SSSR count). The summed E-state index contributed by atoms with van der Waals surface area (Å²) in [6.07, 6.45) is 4.85. The summed E-state index contributed by atoms with van der Waals surface area (Å²) in [5.41, 5.74) is 2.94. The maximum atomic E-state index is 13.5. The maximum absolute atomic E-state index is 13.5. The van der Waals surface area contributed by atoms with E-state index in [0.29, 0.717) is 45.4 Å². The fraction of sp³-hybridized carbons (Fsp3) is 0.250. The third-order valence-electron chi connectivity index (χ3n) is 7.43. The average Bonchev–Trinajstić information content (AvgIpc) is 3.71. The molecule has 0 spiro atoms. The lowest BCUT2D eigenvalue weighted by molar-refractivity contribution is 0.225. The minimum absolute atomic E-state index is 0.0101. The highest BCUT2D eigenvalue weighted by Gasteiger charge is 2.35. The largest absolute Gasteiger partial charge is 0.487 e. The summed E-state index contributed by atoms with van der Waals surface area (Å²) >= 11 is 6.50. The average molecular weight is 621 g/mol. The molecule has 2 heterocycles. The van der Waals surface area contributed by atoms with E-state index in [-0.39, 0.29) is 24.2 Å². The number of benzene rings is 3. The van der Waals surface area contributed by atoms with Gasteiger partial charge in [-0.25, -0.2) is 22.8 Å². The van der Waals surface area contributed by atoms with Gasteiger partial charge in [0.1, 0.15) is 51.7 Å². The normalized spacial score (nSPS) is 14.3. The van der Waals surface area contributed by atoms with Crippen LogP contribution < -0.4 is 10.1 Å². The molecular weight excluding hydrogens is 591 g/mol. The first-order valence-corrected chi connectivity index (χ1v) is 16.3. The van der Waals surface area contributed by atoms with Gasteiger partial charge in [-0.1, -0.05) is 23.7 Å². The van der Waals surface area contributed by atoms with E-state index in [0.717, 1.165) is 29.3 Å². The zero-order chi connectivity index (χ0) is 30.1. The van der Waals surface area contributed by atoms with E-state index in [9.17, 15) is 12.8 Å². The predicted molar refractivity (Wildman–Crippen MR) is 166 cm³/mol. The number of hydrogen-bond donors (Lipinski definition) is 1. The van der Waals surface area contributed by atoms with E-state index < -0.39 is 9.84 Å². The van der Waals surface area contributed by atoms with E-state index in [4.69, 9.17) is 20.8 Å². The molecule has 1 fully saturated rings. The molecule has 0 bridgehead atoms. The summed E-state index contributed by atoms with van der Waals surface area (Å²) in [4.78, 5) is 11.0. The summed E-state index contributed by atoms with van der Waals surface area (Å²) in [6, 6.07) is 21.0. The molecule has 5 aromatic rings. The molecule has 1 N–H and O–H groups in total. The number of anilines is 2. The lowest BCUT2D eigenvalue weighted by atomic mass is 10.1. The Morgan fingerprint density at radius 3 is 2.67 bits per heavy atom. The Balaban J connectivity index is 1.23. The van der Waals surface area contributed by atoms with Crippen molar-refractivity contribution in [2.45, 2.75) is 31.5 Å². The smallest absolute Gasteiger partial charge is 0.149 e. The Morgan fingerprint density at radius 1 is 1.09 bits per heavy atom. The molecule has 8 nitrogen and oxygen atoms in total. The Bertz CT molecular complexity index is 1890. The lowest BCUT2D eigenvalue weighted by Gasteiger charge is -2.25. The second-order valence-corrected chi connectivity index (χ2v) is 13.4. The minimum Gasteiger partial charge on any atom is -0.487 e. The van der Waals surface area contributed by atoms with Crippen LogP contribution in [0.2, 0.25) is 5.02 Å². The zero-order valence-electron chi connectivity index (χ0n) is 23.6. The van der Waals surface area contributed by atoms with Crippen LogP contribution in [0.1, 0.15) is 30.2 Å². The first-order chi connectivity index (χ1) is 20.6. The molecule has 0 amide bonds. The van der Waals surface area contributed by atoms with Crippen molar-refractivity contribution in [1.29, 1.82) is 0 Å². The number of fused-ring (bicyclic) bond motifs is 1. The van der Waals surface area contributed by atoms with E-state index in [1.54, 1.807) is 24.3 Å². The minimum atomic E-state index is -3.22. The summed E-state index contributed by atoms with van der Waals surface area (Å²) in [5, 5.41) is 4.47. The van der Waals surface area contributed by atoms with Crippen molar-refractivity contribution in [3.63, 3.8) is 0 Å². The van der Waals surface area contributed by atoms with Gasteiger partial charge in [0.2, 0.25) is 0 Å². The highest BCUT2D eigenvalue weighted by Crippen LogP contribution is 2.37. The maximum Gasteiger partial charge on any atom is 0.149 e. The standard InChI is InChI=1S/C32H30ClFN4O4S/c1-38(24-8-9-24)28(18-43(2,39)40)31-13-12-29(42-31)21-6-10-27-25(15-21)32(36-19-35-27)37-23-7-11-30(26(33)16-23)41-17-20-4-3-5-22(34)14-20/h3-7,10-16,19,24,28H,8-9,17-18H2,1-2H3,(H,35,36,37)/t28-/m0/s1. The number of halogens is 2. The monoisotopic (exact) mass is 620 g/mol. The highest BCUT2D eigenvalue weighted by molar-refractivity contribution is 7.90. The van der Waals surface area contributed by atoms with Crippen LogP contribution in [0.5, 0.6) is 5.75 Å². The predicted octanol–water partition coefficient (Wildman–Crippen LogP) is 7.18. The molecule has 43 heavy (non-hydrogen) atoms. The highest BCUT2D eigenvalue weighted by atomic mass is 35.5. The molecule has 0 unspecified atom stereocenters. The molecule has 222 valence electrons. The number of furan rings is 1. The van der Waals surface area contributed by atoms with Crippen molar-refractivity contribution in [2.75, 3.05) is 24.4 Å². The lowest BCUT2D eigenvalue weighted by Crippen LogP contribution is -2.31. The van der Waals surface area contributed by atoms with E-state index in [2.05, 4.69) is 20.2 Å². The van der Waals surface area contributed by atoms with Gasteiger partial charge in [-0.2, -0.15) is 0 Å². The molecule has 11 heteroatoms. The van der Waals surface area contributed by atoms with Crippen LogP contribution in [-0.4, -0.2) is 48.4 Å². The fourth-order valence-corrected chi connectivity index (χ4v) is 6.25. The molecule has 0 saturated heterocycles. The van der Waals surface area contributed by atoms with Gasteiger partial charge in [0.25, 0.3) is 0 Å². The molecule has 1 atom stereocenters. The summed E-state index contributed by atoms with van der Waals surface area (Å²) in [7, 11) is -1.27. The van der Waals surface area contributed by atoms with Crippen LogP contribution in [-0.2, 0) is 16.4 Å². The third-order valence-corrected chi connectivity index (χ3v) is 8.64. The Kier molecular flexibility index (Phi) is 8.09. The molecular formula is C32H30ClFN4O4S. The van der Waals surface area contributed by atoms with E-state index >= 15 is 0 Å². The van der Waals surface area contributed by atoms with Gasteiger partial charge in [-0.05, 0) is 86.1 Å². The van der Waals surface area contributed by atoms with Gasteiger partial charge in [-0.15, -0.1) is 0 Å². The topological polar surface area (TPSA) is 97.6 Å². The second kappa shape index (κ2) is 11.9. The van der Waals surface area contributed by atoms with Crippen molar-refractivity contribution >= 4 is 43.8 Å². The number of sulfone groups is 1. The Morgan fingerprint density at radius 2 is 1.93 bits per heavy atom. The van der Waals surface area contributed by atoms with Gasteiger partial charge in [0, 0.05) is 28.9 Å². The number of nitrogens with zero attached hydrogens (tertiary/aromatic N) is 3. The number of hydrogen-bond acceptors (Lipinski definition) is 8. The first-order valence-electron chi connectivity index (χ1n) is 13.8. The Hall–Kier alpha value is -3.99. The van der Waals surface area contributed by atoms with Crippen LogP contribution in [0.4, 0.5) is 15.9 Å². The number of rotatable bonds is 11. The summed E-state index contributed by atoms with van der Waals surface area (Å²) in [5.74, 6) is 1.96. The van der Waals surface area contributed by atoms with Gasteiger partial charge < -0.3 is 14.5 Å². The quantitative estimate of drug-likeness (QED) is 0.166. The van der Waals surface area contributed by atoms with Crippen LogP contribution in [0, 0.1) is 5.82 Å². The van der Waals surface area contributed by atoms with E-state index in [1.807, 2.05) is 43.4 Å². The van der Waals surface area contributed by atoms with Gasteiger partial charge in [0.05, 0.1) is 22.3 Å². The summed E-state index contributed by atoms with van der Waals surface area (Å²) in [6.45, 7) is 0.184. The van der Waals surface area contributed by atoms with Gasteiger partial charge in [-0.3, -0.25) is 4.90 Å². The second-order valence-electron chi connectivity index (χ2n) is 10.8. The van der Waals surface area contributed by atoms with Crippen LogP contribution in [0.15, 0.2) is 83.5 Å². The Labute approximate surface area is 254 Å². The molecule has 0 radical (unpaired) electrons. The number of aromatic nitrogens is 2. The fourth-order valence-electron chi connectivity index (χ4n) is 5.04. The molecule has 1 aliphatic rings. The SMILES string of the molecule is CN(C1CC1)[C@@H](CS(C)(=O)=O)c1ccc(-c2ccc3ncnc(Nc4ccc(OCc5cccc(F)c5)c(Cl)c4)c3c2)o1. The number of nitrogens with one attached hydrogen (secondary N) is 1. The van der Waals surface area contributed by atoms with Gasteiger partial charge >= 0.3 is 0 Å². The van der Waals surface area contributed by atoms with Crippen LogP contribution in [0.25, 0.3) is 22.2 Å². The molecule has 1 aliphatic carbocycles. The van der Waals surface area contributed by atoms with Crippen LogP contribution >= 0.6 is 11.6 Å². The molecule has 3 aromatic carbocycles. The van der Waals surface area contributed by atoms with E-state index in [1.165, 1.54) is 24.7 Å². The van der Waals surface area contributed by atoms with Crippen molar-refractivity contribution in [1.82, 2.24) is 14.9 Å². The van der Waals surface area contributed by atoms with Crippen LogP contribution in [0.3, 0.4) is 0 Å². The van der Waals surface area contributed by atoms with Crippen molar-refractivity contribution < 1.29 is 22.0 Å². The molecule has 2 aromatic heterocycles. The summed E-state index contributed by atoms with van der Waals surface area (Å²) < 4.78 is 49.9. The zero-order valence-corrected chi connectivity index (χ0v) is 25.2. The first kappa shape index (κ1) is 29.1. The van der Waals surface area contributed by atoms with Crippen molar-refractivity contribution in [3.8, 4) is 17.1 Å².